The Labute approximate surface area is 163 Å². The molecular formula is C21H26N2O3S. The van der Waals surface area contributed by atoms with Gasteiger partial charge in [-0.2, -0.15) is 0 Å². The Morgan fingerprint density at radius 2 is 2.04 bits per heavy atom. The van der Waals surface area contributed by atoms with E-state index in [1.165, 1.54) is 11.3 Å². The third kappa shape index (κ3) is 4.06. The zero-order chi connectivity index (χ0) is 19.8. The number of carboxylic acid groups (broad SMARTS) is 1. The van der Waals surface area contributed by atoms with E-state index in [1.54, 1.807) is 0 Å². The minimum Gasteiger partial charge on any atom is -0.478 e. The number of fused-ring (bicyclic) bond motifs is 1. The van der Waals surface area contributed by atoms with Crippen LogP contribution in [0, 0.1) is 12.3 Å². The van der Waals surface area contributed by atoms with Crippen molar-refractivity contribution in [1.82, 2.24) is 5.32 Å². The number of aromatic carboxylic acids is 1. The van der Waals surface area contributed by atoms with Crippen molar-refractivity contribution >= 4 is 28.2 Å². The first kappa shape index (κ1) is 19.6. The number of amides is 1. The number of benzene rings is 1. The van der Waals surface area contributed by atoms with Crippen LogP contribution < -0.4 is 10.6 Å². The molecule has 5 nitrogen and oxygen atoms in total. The van der Waals surface area contributed by atoms with E-state index in [-0.39, 0.29) is 16.9 Å². The van der Waals surface area contributed by atoms with E-state index in [9.17, 15) is 14.7 Å². The summed E-state index contributed by atoms with van der Waals surface area (Å²) in [4.78, 5) is 26.0. The van der Waals surface area contributed by atoms with Gasteiger partial charge in [0.1, 0.15) is 5.00 Å². The van der Waals surface area contributed by atoms with Gasteiger partial charge < -0.3 is 15.7 Å². The number of carboxylic acids is 1. The summed E-state index contributed by atoms with van der Waals surface area (Å²) in [5, 5.41) is 16.2. The van der Waals surface area contributed by atoms with Crippen LogP contribution in [-0.2, 0) is 19.4 Å². The molecule has 0 unspecified atom stereocenters. The predicted octanol–water partition coefficient (Wildman–Crippen LogP) is 4.24. The molecule has 0 fully saturated rings. The van der Waals surface area contributed by atoms with Crippen molar-refractivity contribution in [3.8, 4) is 0 Å². The van der Waals surface area contributed by atoms with Gasteiger partial charge in [-0.3, -0.25) is 4.79 Å². The fourth-order valence-corrected chi connectivity index (χ4v) is 4.86. The molecule has 0 saturated carbocycles. The molecule has 3 N–H and O–H groups in total. The van der Waals surface area contributed by atoms with Crippen molar-refractivity contribution < 1.29 is 14.7 Å². The number of aryl methyl sites for hydroxylation is 2. The lowest BCUT2D eigenvalue weighted by Crippen LogP contribution is -2.23. The number of carbonyl (C=O) groups is 2. The summed E-state index contributed by atoms with van der Waals surface area (Å²) in [6.45, 7) is 6.83. The molecule has 6 heteroatoms. The van der Waals surface area contributed by atoms with E-state index in [0.29, 0.717) is 17.1 Å². The number of anilines is 1. The predicted molar refractivity (Wildman–Crippen MR) is 109 cm³/mol. The monoisotopic (exact) mass is 386 g/mol. The number of carbonyl (C=O) groups excluding carboxylic acids is 1. The maximum absolute atomic E-state index is 13.0. The Morgan fingerprint density at radius 3 is 2.70 bits per heavy atom. The SMILES string of the molecule is CNCc1ccc(C)cc1C(=O)Nc1sc2c(c1C(=O)O)CC(C)(C)CC2. The Hall–Kier alpha value is -2.18. The molecule has 2 aromatic rings. The van der Waals surface area contributed by atoms with Crippen LogP contribution in [0.3, 0.4) is 0 Å². The molecule has 3 rings (SSSR count). The molecule has 1 aromatic carbocycles. The Bertz CT molecular complexity index is 899. The standard InChI is InChI=1S/C21H26N2O3S/c1-12-5-6-13(11-22-4)14(9-12)18(24)23-19-17(20(25)26)15-10-21(2,3)8-7-16(15)27-19/h5-6,9,22H,7-8,10-11H2,1-4H3,(H,23,24)(H,25,26). The average molecular weight is 387 g/mol. The largest absolute Gasteiger partial charge is 0.478 e. The second-order valence-electron chi connectivity index (χ2n) is 8.00. The van der Waals surface area contributed by atoms with Crippen LogP contribution in [0.15, 0.2) is 18.2 Å². The third-order valence-corrected chi connectivity index (χ3v) is 6.30. The first-order valence-electron chi connectivity index (χ1n) is 9.15. The van der Waals surface area contributed by atoms with Gasteiger partial charge in [0.2, 0.25) is 0 Å². The Morgan fingerprint density at radius 1 is 1.30 bits per heavy atom. The molecule has 1 amide bonds. The van der Waals surface area contributed by atoms with Gasteiger partial charge in [0.15, 0.2) is 0 Å². The molecule has 27 heavy (non-hydrogen) atoms. The molecule has 0 spiro atoms. The highest BCUT2D eigenvalue weighted by atomic mass is 32.1. The van der Waals surface area contributed by atoms with Gasteiger partial charge in [-0.1, -0.05) is 31.5 Å². The van der Waals surface area contributed by atoms with Crippen molar-refractivity contribution in [3.63, 3.8) is 0 Å². The van der Waals surface area contributed by atoms with Crippen molar-refractivity contribution in [1.29, 1.82) is 0 Å². The molecule has 1 aliphatic carbocycles. The van der Waals surface area contributed by atoms with Crippen LogP contribution in [0.5, 0.6) is 0 Å². The molecular weight excluding hydrogens is 360 g/mol. The molecule has 144 valence electrons. The van der Waals surface area contributed by atoms with E-state index in [4.69, 9.17) is 0 Å². The minimum atomic E-state index is -0.972. The molecule has 0 bridgehead atoms. The fourth-order valence-electron chi connectivity index (χ4n) is 3.65. The zero-order valence-electron chi connectivity index (χ0n) is 16.2. The summed E-state index contributed by atoms with van der Waals surface area (Å²) in [6.07, 6.45) is 2.61. The second-order valence-corrected chi connectivity index (χ2v) is 9.10. The van der Waals surface area contributed by atoms with Crippen LogP contribution in [0.1, 0.15) is 62.6 Å². The van der Waals surface area contributed by atoms with Crippen LogP contribution >= 0.6 is 11.3 Å². The van der Waals surface area contributed by atoms with Crippen molar-refractivity contribution in [3.05, 3.63) is 50.9 Å². The lowest BCUT2D eigenvalue weighted by atomic mass is 9.76. The van der Waals surface area contributed by atoms with E-state index >= 15 is 0 Å². The van der Waals surface area contributed by atoms with Gasteiger partial charge in [0.25, 0.3) is 5.91 Å². The molecule has 0 aliphatic heterocycles. The normalized spacial score (nSPS) is 15.3. The van der Waals surface area contributed by atoms with Crippen molar-refractivity contribution in [2.75, 3.05) is 12.4 Å². The zero-order valence-corrected chi connectivity index (χ0v) is 17.0. The average Bonchev–Trinajstić information content (AvgIpc) is 2.92. The molecule has 1 aromatic heterocycles. The quantitative estimate of drug-likeness (QED) is 0.718. The van der Waals surface area contributed by atoms with Crippen molar-refractivity contribution in [2.45, 2.75) is 46.6 Å². The smallest absolute Gasteiger partial charge is 0.339 e. The highest BCUT2D eigenvalue weighted by molar-refractivity contribution is 7.17. The minimum absolute atomic E-state index is 0.0794. The van der Waals surface area contributed by atoms with Crippen LogP contribution in [0.2, 0.25) is 0 Å². The fraction of sp³-hybridized carbons (Fsp3) is 0.429. The lowest BCUT2D eigenvalue weighted by Gasteiger charge is -2.29. The van der Waals surface area contributed by atoms with Gasteiger partial charge in [0.05, 0.1) is 5.56 Å². The Balaban J connectivity index is 1.97. The second kappa shape index (κ2) is 7.44. The summed E-state index contributed by atoms with van der Waals surface area (Å²) < 4.78 is 0. The molecule has 0 atom stereocenters. The van der Waals surface area contributed by atoms with E-state index in [1.807, 2.05) is 32.2 Å². The summed E-state index contributed by atoms with van der Waals surface area (Å²) in [7, 11) is 1.83. The number of rotatable bonds is 5. The first-order valence-corrected chi connectivity index (χ1v) is 9.97. The van der Waals surface area contributed by atoms with Gasteiger partial charge >= 0.3 is 5.97 Å². The summed E-state index contributed by atoms with van der Waals surface area (Å²) in [6, 6.07) is 5.75. The topological polar surface area (TPSA) is 78.4 Å². The van der Waals surface area contributed by atoms with Gasteiger partial charge in [-0.25, -0.2) is 4.79 Å². The third-order valence-electron chi connectivity index (χ3n) is 5.09. The van der Waals surface area contributed by atoms with Gasteiger partial charge in [-0.05, 0) is 55.8 Å². The summed E-state index contributed by atoms with van der Waals surface area (Å²) in [5.41, 5.74) is 3.69. The number of hydrogen-bond donors (Lipinski definition) is 3. The molecule has 0 radical (unpaired) electrons. The Kier molecular flexibility index (Phi) is 5.40. The number of thiophene rings is 1. The van der Waals surface area contributed by atoms with Gasteiger partial charge in [0, 0.05) is 17.0 Å². The first-order chi connectivity index (χ1) is 12.7. The highest BCUT2D eigenvalue weighted by Crippen LogP contribution is 2.43. The van der Waals surface area contributed by atoms with E-state index < -0.39 is 5.97 Å². The van der Waals surface area contributed by atoms with Crippen LogP contribution in [0.25, 0.3) is 0 Å². The molecule has 1 heterocycles. The lowest BCUT2D eigenvalue weighted by molar-refractivity contribution is 0.0696. The maximum atomic E-state index is 13.0. The number of nitrogens with one attached hydrogen (secondary N) is 2. The van der Waals surface area contributed by atoms with Crippen LogP contribution in [0.4, 0.5) is 5.00 Å². The number of hydrogen-bond acceptors (Lipinski definition) is 4. The van der Waals surface area contributed by atoms with Gasteiger partial charge in [-0.15, -0.1) is 11.3 Å². The van der Waals surface area contributed by atoms with E-state index in [2.05, 4.69) is 24.5 Å². The van der Waals surface area contributed by atoms with Crippen molar-refractivity contribution in [2.24, 2.45) is 5.41 Å². The van der Waals surface area contributed by atoms with Crippen LogP contribution in [-0.4, -0.2) is 24.0 Å². The molecule has 1 aliphatic rings. The van der Waals surface area contributed by atoms with E-state index in [0.717, 1.165) is 40.8 Å². The highest BCUT2D eigenvalue weighted by Gasteiger charge is 2.33. The molecule has 0 saturated heterocycles. The summed E-state index contributed by atoms with van der Waals surface area (Å²) in [5.74, 6) is -1.23. The maximum Gasteiger partial charge on any atom is 0.339 e. The summed E-state index contributed by atoms with van der Waals surface area (Å²) >= 11 is 1.41.